The van der Waals surface area contributed by atoms with Crippen LogP contribution in [0.15, 0.2) is 30.5 Å². The maximum absolute atomic E-state index is 13.5. The number of carbonyl (C=O) groups excluding carboxylic acids is 1. The minimum Gasteiger partial charge on any atom is -0.321 e. The number of hydrogen-bond donors (Lipinski definition) is 1. The van der Waals surface area contributed by atoms with Crippen LogP contribution >= 0.6 is 0 Å². The largest absolute Gasteiger partial charge is 0.321 e. The van der Waals surface area contributed by atoms with E-state index in [0.29, 0.717) is 5.56 Å². The summed E-state index contributed by atoms with van der Waals surface area (Å²) in [6.45, 7) is 1.61. The summed E-state index contributed by atoms with van der Waals surface area (Å²) >= 11 is 0. The van der Waals surface area contributed by atoms with Crippen molar-refractivity contribution in [1.82, 2.24) is 4.98 Å². The molecule has 0 fully saturated rings. The van der Waals surface area contributed by atoms with Gasteiger partial charge in [-0.3, -0.25) is 14.9 Å². The molecule has 1 aromatic heterocycles. The number of nitrogens with zero attached hydrogens (tertiary/aromatic N) is 2. The average molecular weight is 293 g/mol. The van der Waals surface area contributed by atoms with Gasteiger partial charge < -0.3 is 5.32 Å². The third kappa shape index (κ3) is 2.99. The predicted octanol–water partition coefficient (Wildman–Crippen LogP) is 2.83. The lowest BCUT2D eigenvalue weighted by Crippen LogP contribution is -2.16. The second-order valence-corrected chi connectivity index (χ2v) is 4.17. The number of benzene rings is 1. The molecule has 1 N–H and O–H groups in total. The van der Waals surface area contributed by atoms with Crippen molar-refractivity contribution in [3.63, 3.8) is 0 Å². The number of amides is 1. The zero-order valence-electron chi connectivity index (χ0n) is 10.8. The van der Waals surface area contributed by atoms with Gasteiger partial charge in [-0.05, 0) is 18.6 Å². The van der Waals surface area contributed by atoms with Gasteiger partial charge in [-0.25, -0.2) is 9.37 Å². The predicted molar refractivity (Wildman–Crippen MR) is 69.9 cm³/mol. The summed E-state index contributed by atoms with van der Waals surface area (Å²) in [6.07, 6.45) is 0.952. The number of hydrogen-bond acceptors (Lipinski definition) is 4. The van der Waals surface area contributed by atoms with Crippen molar-refractivity contribution in [1.29, 1.82) is 0 Å². The van der Waals surface area contributed by atoms with Crippen LogP contribution in [0.25, 0.3) is 0 Å². The third-order valence-electron chi connectivity index (χ3n) is 2.77. The first-order chi connectivity index (χ1) is 9.90. The minimum absolute atomic E-state index is 0.144. The van der Waals surface area contributed by atoms with Gasteiger partial charge in [0.05, 0.1) is 16.2 Å². The molecule has 1 amide bonds. The molecular weight excluding hydrogens is 284 g/mol. The third-order valence-corrected chi connectivity index (χ3v) is 2.77. The van der Waals surface area contributed by atoms with Crippen LogP contribution in [0.4, 0.5) is 20.2 Å². The van der Waals surface area contributed by atoms with Crippen LogP contribution in [-0.4, -0.2) is 15.8 Å². The van der Waals surface area contributed by atoms with Crippen LogP contribution in [0, 0.1) is 28.8 Å². The lowest BCUT2D eigenvalue weighted by atomic mass is 10.1. The van der Waals surface area contributed by atoms with Gasteiger partial charge in [0.2, 0.25) is 5.95 Å². The molecule has 21 heavy (non-hydrogen) atoms. The van der Waals surface area contributed by atoms with Crippen molar-refractivity contribution in [3.8, 4) is 0 Å². The summed E-state index contributed by atoms with van der Waals surface area (Å²) in [6, 6.07) is 4.87. The molecule has 0 bridgehead atoms. The fraction of sp³-hybridized carbons (Fsp3) is 0.0769. The molecule has 1 heterocycles. The normalized spacial score (nSPS) is 10.2. The fourth-order valence-corrected chi connectivity index (χ4v) is 1.64. The molecule has 8 heteroatoms. The molecule has 0 atom stereocenters. The topological polar surface area (TPSA) is 85.1 Å². The highest BCUT2D eigenvalue weighted by atomic mass is 19.2. The van der Waals surface area contributed by atoms with Gasteiger partial charge in [0.1, 0.15) is 0 Å². The highest BCUT2D eigenvalue weighted by molar-refractivity contribution is 6.04. The van der Waals surface area contributed by atoms with Gasteiger partial charge in [-0.2, -0.15) is 4.39 Å². The lowest BCUT2D eigenvalue weighted by molar-refractivity contribution is -0.384. The molecule has 6 nitrogen and oxygen atoms in total. The van der Waals surface area contributed by atoms with Crippen molar-refractivity contribution in [2.45, 2.75) is 6.92 Å². The molecule has 0 aliphatic carbocycles. The molecule has 1 aromatic carbocycles. The summed E-state index contributed by atoms with van der Waals surface area (Å²) in [7, 11) is 0. The van der Waals surface area contributed by atoms with E-state index in [9.17, 15) is 23.7 Å². The van der Waals surface area contributed by atoms with Crippen molar-refractivity contribution in [3.05, 3.63) is 63.5 Å². The number of non-ortho nitro benzene ring substituents is 1. The molecule has 2 aromatic rings. The Labute approximate surface area is 117 Å². The van der Waals surface area contributed by atoms with Crippen molar-refractivity contribution in [2.24, 2.45) is 0 Å². The molecule has 0 saturated heterocycles. The smallest absolute Gasteiger partial charge is 0.271 e. The highest BCUT2D eigenvalue weighted by Gasteiger charge is 2.18. The number of nitro benzene ring substituents is 1. The molecule has 0 unspecified atom stereocenters. The molecule has 108 valence electrons. The second-order valence-electron chi connectivity index (χ2n) is 4.17. The van der Waals surface area contributed by atoms with E-state index < -0.39 is 28.2 Å². The molecule has 0 aliphatic rings. The van der Waals surface area contributed by atoms with Crippen LogP contribution < -0.4 is 5.32 Å². The Bertz CT molecular complexity index is 735. The lowest BCUT2D eigenvalue weighted by Gasteiger charge is -2.08. The SMILES string of the molecule is Cc1ccc([N+](=O)[O-])cc1NC(=O)c1ccnc(F)c1F. The Hall–Kier alpha value is -2.90. The Kier molecular flexibility index (Phi) is 3.88. The monoisotopic (exact) mass is 293 g/mol. The van der Waals surface area contributed by atoms with E-state index in [0.717, 1.165) is 18.3 Å². The number of anilines is 1. The van der Waals surface area contributed by atoms with Crippen LogP contribution in [0.5, 0.6) is 0 Å². The Morgan fingerprint density at radius 1 is 1.33 bits per heavy atom. The minimum atomic E-state index is -1.39. The Morgan fingerprint density at radius 3 is 2.71 bits per heavy atom. The Morgan fingerprint density at radius 2 is 2.05 bits per heavy atom. The van der Waals surface area contributed by atoms with Gasteiger partial charge in [0.25, 0.3) is 11.6 Å². The number of nitro groups is 1. The number of carbonyl (C=O) groups is 1. The first-order valence-corrected chi connectivity index (χ1v) is 5.76. The van der Waals surface area contributed by atoms with Gasteiger partial charge >= 0.3 is 0 Å². The number of rotatable bonds is 3. The van der Waals surface area contributed by atoms with Crippen molar-refractivity contribution < 1.29 is 18.5 Å². The van der Waals surface area contributed by atoms with E-state index in [1.165, 1.54) is 12.1 Å². The van der Waals surface area contributed by atoms with Crippen LogP contribution in [0.2, 0.25) is 0 Å². The van der Waals surface area contributed by atoms with Gasteiger partial charge in [-0.15, -0.1) is 0 Å². The van der Waals surface area contributed by atoms with Crippen LogP contribution in [0.1, 0.15) is 15.9 Å². The highest BCUT2D eigenvalue weighted by Crippen LogP contribution is 2.22. The van der Waals surface area contributed by atoms with E-state index in [1.807, 2.05) is 0 Å². The molecule has 0 spiro atoms. The van der Waals surface area contributed by atoms with Gasteiger partial charge in [0.15, 0.2) is 5.82 Å². The van der Waals surface area contributed by atoms with E-state index in [4.69, 9.17) is 0 Å². The Balaban J connectivity index is 2.33. The zero-order valence-corrected chi connectivity index (χ0v) is 10.8. The quantitative estimate of drug-likeness (QED) is 0.535. The van der Waals surface area contributed by atoms with Gasteiger partial charge in [0, 0.05) is 18.3 Å². The average Bonchev–Trinajstić information content (AvgIpc) is 2.43. The number of aryl methyl sites for hydroxylation is 1. The molecular formula is C13H9F2N3O3. The van der Waals surface area contributed by atoms with E-state index in [1.54, 1.807) is 6.92 Å². The second kappa shape index (κ2) is 5.61. The summed E-state index contributed by atoms with van der Waals surface area (Å²) in [5.41, 5.74) is -0.0691. The molecule has 0 radical (unpaired) electrons. The molecule has 2 rings (SSSR count). The number of aromatic nitrogens is 1. The molecule has 0 saturated carbocycles. The van der Waals surface area contributed by atoms with E-state index in [-0.39, 0.29) is 11.4 Å². The first kappa shape index (κ1) is 14.5. The van der Waals surface area contributed by atoms with E-state index >= 15 is 0 Å². The maximum Gasteiger partial charge on any atom is 0.271 e. The van der Waals surface area contributed by atoms with Crippen molar-refractivity contribution in [2.75, 3.05) is 5.32 Å². The fourth-order valence-electron chi connectivity index (χ4n) is 1.64. The van der Waals surface area contributed by atoms with Gasteiger partial charge in [-0.1, -0.05) is 6.07 Å². The number of nitrogens with one attached hydrogen (secondary N) is 1. The standard InChI is InChI=1S/C13H9F2N3O3/c1-7-2-3-8(18(20)21)6-10(7)17-13(19)9-4-5-16-12(15)11(9)14/h2-6H,1H3,(H,17,19). The van der Waals surface area contributed by atoms with Crippen LogP contribution in [-0.2, 0) is 0 Å². The first-order valence-electron chi connectivity index (χ1n) is 5.76. The summed E-state index contributed by atoms with van der Waals surface area (Å²) in [5, 5.41) is 13.0. The van der Waals surface area contributed by atoms with Crippen molar-refractivity contribution >= 4 is 17.3 Å². The van der Waals surface area contributed by atoms with E-state index in [2.05, 4.69) is 10.3 Å². The summed E-state index contributed by atoms with van der Waals surface area (Å²) in [5.74, 6) is -3.69. The summed E-state index contributed by atoms with van der Waals surface area (Å²) in [4.78, 5) is 25.0. The zero-order chi connectivity index (χ0) is 15.6. The van der Waals surface area contributed by atoms with Crippen LogP contribution in [0.3, 0.4) is 0 Å². The molecule has 0 aliphatic heterocycles. The summed E-state index contributed by atoms with van der Waals surface area (Å²) < 4.78 is 26.4. The maximum atomic E-state index is 13.5. The number of pyridine rings is 1. The number of halogens is 2.